The fourth-order valence-corrected chi connectivity index (χ4v) is 0.952. The van der Waals surface area contributed by atoms with E-state index in [9.17, 15) is 4.79 Å². The maximum atomic E-state index is 10.4. The van der Waals surface area contributed by atoms with Crippen LogP contribution in [0.4, 0.5) is 0 Å². The molecular weight excluding hydrogens is 156 g/mol. The molecule has 4 heteroatoms. The zero-order valence-electron chi connectivity index (χ0n) is 7.45. The fourth-order valence-electron chi connectivity index (χ4n) is 0.952. The summed E-state index contributed by atoms with van der Waals surface area (Å²) in [5.74, 6) is -0.884. The molecule has 12 heavy (non-hydrogen) atoms. The molecule has 4 nitrogen and oxygen atoms in total. The third-order valence-corrected chi connectivity index (χ3v) is 1.58. The minimum absolute atomic E-state index is 0.0530. The maximum Gasteiger partial charge on any atom is 0.317 e. The first kappa shape index (κ1) is 10.9. The van der Waals surface area contributed by atoms with E-state index in [1.165, 1.54) is 0 Å². The first-order valence-electron chi connectivity index (χ1n) is 3.97. The average Bonchev–Trinajstić information content (AvgIpc) is 2.01. The van der Waals surface area contributed by atoms with E-state index in [-0.39, 0.29) is 12.6 Å². The molecule has 0 amide bonds. The molecule has 0 aliphatic heterocycles. The molecule has 0 heterocycles. The van der Waals surface area contributed by atoms with Crippen molar-refractivity contribution >= 4 is 5.97 Å². The van der Waals surface area contributed by atoms with Crippen LogP contribution in [0.1, 0.15) is 20.3 Å². The van der Waals surface area contributed by atoms with Crippen molar-refractivity contribution in [3.8, 4) is 6.07 Å². The Morgan fingerprint density at radius 3 is 2.67 bits per heavy atom. The Kier molecular flexibility index (Phi) is 5.06. The minimum atomic E-state index is -0.884. The van der Waals surface area contributed by atoms with Crippen LogP contribution in [0.5, 0.6) is 0 Å². The molecule has 0 rings (SSSR count). The summed E-state index contributed by atoms with van der Waals surface area (Å²) >= 11 is 0. The second-order valence-electron chi connectivity index (χ2n) is 2.67. The highest BCUT2D eigenvalue weighted by Gasteiger charge is 2.14. The molecule has 0 saturated heterocycles. The largest absolute Gasteiger partial charge is 0.480 e. The van der Waals surface area contributed by atoms with Crippen molar-refractivity contribution in [2.24, 2.45) is 0 Å². The molecule has 1 unspecified atom stereocenters. The van der Waals surface area contributed by atoms with Crippen LogP contribution in [0.2, 0.25) is 0 Å². The lowest BCUT2D eigenvalue weighted by molar-refractivity contribution is -0.138. The molecule has 0 aromatic carbocycles. The summed E-state index contributed by atoms with van der Waals surface area (Å²) in [5.41, 5.74) is 0. The lowest BCUT2D eigenvalue weighted by Crippen LogP contribution is -2.37. The van der Waals surface area contributed by atoms with Crippen molar-refractivity contribution in [2.45, 2.75) is 26.3 Å². The summed E-state index contributed by atoms with van der Waals surface area (Å²) in [6, 6.07) is 1.70. The van der Waals surface area contributed by atoms with Crippen LogP contribution in [0.15, 0.2) is 0 Å². The third-order valence-electron chi connectivity index (χ3n) is 1.58. The summed E-state index contributed by atoms with van der Waals surface area (Å²) in [6.07, 6.45) is 0.860. The van der Waals surface area contributed by atoms with Gasteiger partial charge in [0, 0.05) is 0 Å². The van der Waals surface area contributed by atoms with E-state index in [1.807, 2.05) is 13.0 Å². The first-order valence-corrected chi connectivity index (χ1v) is 3.97. The molecule has 0 aliphatic carbocycles. The van der Waals surface area contributed by atoms with Gasteiger partial charge in [0.15, 0.2) is 0 Å². The number of nitriles is 1. The van der Waals surface area contributed by atoms with E-state index in [0.717, 1.165) is 6.42 Å². The summed E-state index contributed by atoms with van der Waals surface area (Å²) in [4.78, 5) is 12.0. The van der Waals surface area contributed by atoms with E-state index in [4.69, 9.17) is 10.4 Å². The Labute approximate surface area is 72.4 Å². The van der Waals surface area contributed by atoms with Crippen molar-refractivity contribution in [1.29, 1.82) is 5.26 Å². The maximum absolute atomic E-state index is 10.4. The number of hydrogen-bond donors (Lipinski definition) is 1. The van der Waals surface area contributed by atoms with Gasteiger partial charge in [-0.05, 0) is 19.9 Å². The van der Waals surface area contributed by atoms with Crippen LogP contribution in [0, 0.1) is 11.3 Å². The standard InChI is InChI=1S/C8H14N2O2/c1-3-4-10(6-8(11)12)7(2)5-9/h7H,3-4,6H2,1-2H3,(H,11,12). The fraction of sp³-hybridized carbons (Fsp3) is 0.750. The van der Waals surface area contributed by atoms with E-state index in [1.54, 1.807) is 11.8 Å². The lowest BCUT2D eigenvalue weighted by Gasteiger charge is -2.21. The van der Waals surface area contributed by atoms with Gasteiger partial charge in [0.05, 0.1) is 18.7 Å². The van der Waals surface area contributed by atoms with Gasteiger partial charge in [-0.2, -0.15) is 5.26 Å². The van der Waals surface area contributed by atoms with Crippen molar-refractivity contribution in [1.82, 2.24) is 4.90 Å². The summed E-state index contributed by atoms with van der Waals surface area (Å²) in [6.45, 7) is 4.27. The number of carboxylic acid groups (broad SMARTS) is 1. The Balaban J connectivity index is 4.04. The van der Waals surface area contributed by atoms with Crippen molar-refractivity contribution in [3.63, 3.8) is 0 Å². The van der Waals surface area contributed by atoms with E-state index in [0.29, 0.717) is 6.54 Å². The Morgan fingerprint density at radius 1 is 1.75 bits per heavy atom. The van der Waals surface area contributed by atoms with Crippen LogP contribution in [-0.2, 0) is 4.79 Å². The smallest absolute Gasteiger partial charge is 0.317 e. The Hall–Kier alpha value is -1.08. The molecule has 0 spiro atoms. The number of nitrogens with zero attached hydrogens (tertiary/aromatic N) is 2. The second-order valence-corrected chi connectivity index (χ2v) is 2.67. The highest BCUT2D eigenvalue weighted by molar-refractivity contribution is 5.69. The predicted octanol–water partition coefficient (Wildman–Crippen LogP) is 0.695. The normalized spacial score (nSPS) is 12.5. The molecule has 0 bridgehead atoms. The number of carbonyl (C=O) groups is 1. The van der Waals surface area contributed by atoms with Gasteiger partial charge in [-0.15, -0.1) is 0 Å². The van der Waals surface area contributed by atoms with Gasteiger partial charge in [-0.3, -0.25) is 9.69 Å². The SMILES string of the molecule is CCCN(CC(=O)O)C(C)C#N. The van der Waals surface area contributed by atoms with E-state index < -0.39 is 5.97 Å². The molecule has 0 aliphatic rings. The van der Waals surface area contributed by atoms with E-state index >= 15 is 0 Å². The molecule has 0 fully saturated rings. The number of rotatable bonds is 5. The molecular formula is C8H14N2O2. The van der Waals surface area contributed by atoms with Crippen LogP contribution >= 0.6 is 0 Å². The number of carboxylic acids is 1. The third kappa shape index (κ3) is 3.94. The molecule has 1 N–H and O–H groups in total. The summed E-state index contributed by atoms with van der Waals surface area (Å²) < 4.78 is 0. The summed E-state index contributed by atoms with van der Waals surface area (Å²) in [7, 11) is 0. The van der Waals surface area contributed by atoms with Gasteiger partial charge in [-0.1, -0.05) is 6.92 Å². The highest BCUT2D eigenvalue weighted by atomic mass is 16.4. The van der Waals surface area contributed by atoms with Crippen molar-refractivity contribution in [3.05, 3.63) is 0 Å². The first-order chi connectivity index (χ1) is 5.61. The van der Waals surface area contributed by atoms with Crippen LogP contribution in [0.3, 0.4) is 0 Å². The minimum Gasteiger partial charge on any atom is -0.480 e. The lowest BCUT2D eigenvalue weighted by atomic mass is 10.3. The topological polar surface area (TPSA) is 64.3 Å². The predicted molar refractivity (Wildman–Crippen MR) is 44.6 cm³/mol. The zero-order chi connectivity index (χ0) is 9.56. The highest BCUT2D eigenvalue weighted by Crippen LogP contribution is 1.98. The van der Waals surface area contributed by atoms with Crippen LogP contribution in [0.25, 0.3) is 0 Å². The zero-order valence-corrected chi connectivity index (χ0v) is 7.45. The van der Waals surface area contributed by atoms with Gasteiger partial charge >= 0.3 is 5.97 Å². The van der Waals surface area contributed by atoms with Crippen LogP contribution < -0.4 is 0 Å². The number of aliphatic carboxylic acids is 1. The Bertz CT molecular complexity index is 186. The molecule has 1 atom stereocenters. The van der Waals surface area contributed by atoms with Gasteiger partial charge in [0.25, 0.3) is 0 Å². The van der Waals surface area contributed by atoms with Gasteiger partial charge in [0.2, 0.25) is 0 Å². The monoisotopic (exact) mass is 170 g/mol. The van der Waals surface area contributed by atoms with Crippen LogP contribution in [-0.4, -0.2) is 35.1 Å². The molecule has 0 saturated carbocycles. The Morgan fingerprint density at radius 2 is 2.33 bits per heavy atom. The van der Waals surface area contributed by atoms with E-state index in [2.05, 4.69) is 0 Å². The van der Waals surface area contributed by atoms with Gasteiger partial charge in [-0.25, -0.2) is 0 Å². The molecule has 0 aromatic rings. The quantitative estimate of drug-likeness (QED) is 0.659. The molecule has 0 radical (unpaired) electrons. The summed E-state index contributed by atoms with van der Waals surface area (Å²) in [5, 5.41) is 17.1. The van der Waals surface area contributed by atoms with Gasteiger partial charge in [0.1, 0.15) is 0 Å². The molecule has 0 aromatic heterocycles. The number of hydrogen-bond acceptors (Lipinski definition) is 3. The second kappa shape index (κ2) is 5.56. The van der Waals surface area contributed by atoms with Crippen molar-refractivity contribution in [2.75, 3.05) is 13.1 Å². The molecule has 68 valence electrons. The van der Waals surface area contributed by atoms with Gasteiger partial charge < -0.3 is 5.11 Å². The van der Waals surface area contributed by atoms with Crippen molar-refractivity contribution < 1.29 is 9.90 Å². The average molecular weight is 170 g/mol.